The Morgan fingerprint density at radius 1 is 0.603 bits per heavy atom. The molecule has 1 saturated heterocycles. The number of carbonyl (C=O) groups excluding carboxylic acids is 3. The van der Waals surface area contributed by atoms with Crippen LogP contribution in [0.15, 0.2) is 193 Å². The SMILES string of the molecule is COc1ccc(C(OC[C@H]2O[C@@H](n3ccc(NC(=O)OCC4c5ccccc5-c5ccccc54)nc3=O)C[C@@H]2OC(=O)[C@H](C)NC(=O)OCC2c3ccccc3-c3ccccc32)(c2ccccc2)c2ccc(OC)cc2)cc1. The van der Waals surface area contributed by atoms with Crippen LogP contribution in [-0.4, -0.2) is 80.0 Å². The van der Waals surface area contributed by atoms with Crippen molar-refractivity contribution < 1.29 is 47.5 Å². The van der Waals surface area contributed by atoms with Crippen LogP contribution < -0.4 is 25.8 Å². The van der Waals surface area contributed by atoms with Gasteiger partial charge in [0.25, 0.3) is 0 Å². The van der Waals surface area contributed by atoms with Crippen LogP contribution in [0.4, 0.5) is 15.4 Å². The average molecular weight is 1050 g/mol. The van der Waals surface area contributed by atoms with E-state index in [2.05, 4.69) is 39.9 Å². The van der Waals surface area contributed by atoms with Crippen LogP contribution in [0.3, 0.4) is 0 Å². The van der Waals surface area contributed by atoms with Crippen molar-refractivity contribution in [2.75, 3.05) is 39.4 Å². The second-order valence-electron chi connectivity index (χ2n) is 19.3. The molecule has 1 aromatic heterocycles. The predicted octanol–water partition coefficient (Wildman–Crippen LogP) is 10.8. The molecule has 7 aromatic carbocycles. The monoisotopic (exact) mass is 1040 g/mol. The number of esters is 1. The van der Waals surface area contributed by atoms with E-state index in [1.165, 1.54) is 23.8 Å². The van der Waals surface area contributed by atoms with Gasteiger partial charge >= 0.3 is 23.8 Å². The summed E-state index contributed by atoms with van der Waals surface area (Å²) in [5.41, 5.74) is 8.84. The number of carbonyl (C=O) groups is 3. The van der Waals surface area contributed by atoms with Gasteiger partial charge in [0.05, 0.1) is 20.8 Å². The van der Waals surface area contributed by atoms with Gasteiger partial charge in [0.15, 0.2) is 0 Å². The van der Waals surface area contributed by atoms with Crippen LogP contribution in [0.5, 0.6) is 11.5 Å². The molecule has 15 nitrogen and oxygen atoms in total. The molecule has 4 atom stereocenters. The Hall–Kier alpha value is -9.05. The molecule has 0 saturated carbocycles. The first-order valence-corrected chi connectivity index (χ1v) is 25.8. The van der Waals surface area contributed by atoms with Crippen molar-refractivity contribution in [2.45, 2.75) is 55.3 Å². The van der Waals surface area contributed by atoms with Gasteiger partial charge < -0.3 is 38.5 Å². The minimum atomic E-state index is -1.28. The third kappa shape index (κ3) is 10.1. The zero-order valence-electron chi connectivity index (χ0n) is 43.1. The fourth-order valence-corrected chi connectivity index (χ4v) is 11.0. The number of anilines is 1. The molecule has 78 heavy (non-hydrogen) atoms. The number of methoxy groups -OCH3 is 2. The van der Waals surface area contributed by atoms with Crippen LogP contribution in [-0.2, 0) is 34.1 Å². The molecule has 15 heteroatoms. The summed E-state index contributed by atoms with van der Waals surface area (Å²) >= 11 is 0. The average Bonchev–Trinajstić information content (AvgIpc) is 4.15. The molecule has 1 aliphatic heterocycles. The Morgan fingerprint density at radius 2 is 1.06 bits per heavy atom. The first-order chi connectivity index (χ1) is 38.1. The highest BCUT2D eigenvalue weighted by atomic mass is 16.6. The lowest BCUT2D eigenvalue weighted by Gasteiger charge is -2.37. The zero-order valence-corrected chi connectivity index (χ0v) is 43.1. The van der Waals surface area contributed by atoms with E-state index < -0.39 is 53.9 Å². The molecule has 11 rings (SSSR count). The molecule has 0 bridgehead atoms. The number of benzene rings is 7. The predicted molar refractivity (Wildman–Crippen MR) is 292 cm³/mol. The zero-order chi connectivity index (χ0) is 53.8. The molecule has 3 aliphatic rings. The van der Waals surface area contributed by atoms with E-state index in [-0.39, 0.29) is 43.9 Å². The number of fused-ring (bicyclic) bond motifs is 6. The lowest BCUT2D eigenvalue weighted by atomic mass is 9.80. The van der Waals surface area contributed by atoms with Gasteiger partial charge in [-0.25, -0.2) is 19.2 Å². The van der Waals surface area contributed by atoms with Crippen molar-refractivity contribution in [2.24, 2.45) is 0 Å². The summed E-state index contributed by atoms with van der Waals surface area (Å²) in [7, 11) is 3.19. The third-order valence-corrected chi connectivity index (χ3v) is 14.8. The number of aromatic nitrogens is 2. The second-order valence-corrected chi connectivity index (χ2v) is 19.3. The van der Waals surface area contributed by atoms with Crippen molar-refractivity contribution >= 4 is 24.0 Å². The minimum Gasteiger partial charge on any atom is -0.497 e. The summed E-state index contributed by atoms with van der Waals surface area (Å²) < 4.78 is 43.9. The summed E-state index contributed by atoms with van der Waals surface area (Å²) in [6.45, 7) is 1.46. The second kappa shape index (κ2) is 22.3. The molecule has 2 amide bonds. The van der Waals surface area contributed by atoms with E-state index in [1.54, 1.807) is 14.2 Å². The molecule has 0 unspecified atom stereocenters. The highest BCUT2D eigenvalue weighted by Crippen LogP contribution is 2.47. The number of rotatable bonds is 17. The van der Waals surface area contributed by atoms with Gasteiger partial charge in [-0.2, -0.15) is 4.98 Å². The third-order valence-electron chi connectivity index (χ3n) is 14.8. The smallest absolute Gasteiger partial charge is 0.412 e. The van der Waals surface area contributed by atoms with E-state index in [0.29, 0.717) is 11.5 Å². The van der Waals surface area contributed by atoms with E-state index >= 15 is 0 Å². The highest BCUT2D eigenvalue weighted by molar-refractivity contribution is 5.84. The van der Waals surface area contributed by atoms with Crippen molar-refractivity contribution in [3.05, 3.63) is 238 Å². The molecule has 0 radical (unpaired) electrons. The lowest BCUT2D eigenvalue weighted by Crippen LogP contribution is -2.44. The van der Waals surface area contributed by atoms with E-state index in [4.69, 9.17) is 33.2 Å². The first kappa shape index (κ1) is 51.1. The fourth-order valence-electron chi connectivity index (χ4n) is 11.0. The van der Waals surface area contributed by atoms with Gasteiger partial charge in [0, 0.05) is 24.5 Å². The van der Waals surface area contributed by atoms with Crippen LogP contribution in [0, 0.1) is 0 Å². The number of ether oxygens (including phenoxy) is 7. The van der Waals surface area contributed by atoms with Crippen molar-refractivity contribution in [3.8, 4) is 33.8 Å². The molecule has 2 N–H and O–H groups in total. The molecule has 0 spiro atoms. The molecular weight excluding hydrogens is 989 g/mol. The van der Waals surface area contributed by atoms with Gasteiger partial charge in [-0.1, -0.05) is 152 Å². The lowest BCUT2D eigenvalue weighted by molar-refractivity contribution is -0.157. The van der Waals surface area contributed by atoms with Crippen LogP contribution in [0.1, 0.15) is 70.4 Å². The number of alkyl carbamates (subject to hydrolysis) is 1. The molecule has 394 valence electrons. The molecular formula is C63H56N4O11. The van der Waals surface area contributed by atoms with Gasteiger partial charge in [0.1, 0.15) is 60.6 Å². The Labute approximate surface area is 450 Å². The Morgan fingerprint density at radius 3 is 1.55 bits per heavy atom. The number of amides is 2. The molecule has 2 aliphatic carbocycles. The van der Waals surface area contributed by atoms with Crippen LogP contribution in [0.2, 0.25) is 0 Å². The van der Waals surface area contributed by atoms with Crippen molar-refractivity contribution in [1.29, 1.82) is 0 Å². The Balaban J connectivity index is 0.830. The highest BCUT2D eigenvalue weighted by Gasteiger charge is 2.45. The quantitative estimate of drug-likeness (QED) is 0.0502. The molecule has 2 heterocycles. The largest absolute Gasteiger partial charge is 0.497 e. The number of hydrogen-bond acceptors (Lipinski definition) is 12. The summed E-state index contributed by atoms with van der Waals surface area (Å²) in [5, 5.41) is 5.25. The normalized spacial score (nSPS) is 16.7. The van der Waals surface area contributed by atoms with Gasteiger partial charge in [-0.05, 0) is 98.5 Å². The fraction of sp³-hybridized carbons (Fsp3) is 0.222. The maximum atomic E-state index is 14.1. The van der Waals surface area contributed by atoms with E-state index in [9.17, 15) is 19.2 Å². The molecule has 8 aromatic rings. The number of nitrogens with zero attached hydrogens (tertiary/aromatic N) is 2. The summed E-state index contributed by atoms with van der Waals surface area (Å²) in [6, 6.07) is 57.2. The van der Waals surface area contributed by atoms with Crippen molar-refractivity contribution in [3.63, 3.8) is 0 Å². The van der Waals surface area contributed by atoms with Gasteiger partial charge in [-0.15, -0.1) is 0 Å². The van der Waals surface area contributed by atoms with Crippen LogP contribution >= 0.6 is 0 Å². The standard InChI is InChI=1S/C63H56N4O11/c1-39(64-61(70)74-36-53-49-21-11-7-17-45(49)46-18-8-12-22-50(46)53)59(68)78-55-35-58(67-34-33-57(65-60(67)69)66-62(71)75-37-54-51-23-13-9-19-47(51)48-20-10-14-24-52(48)54)77-56(55)38-76-63(40-15-5-4-6-16-40,41-25-29-43(72-2)30-26-41)42-27-31-44(73-3)32-28-42/h4-34,39,53-56,58H,35-38H2,1-3H3,(H,64,70)(H,65,66,69,71)/t39-,55-,56+,58+/m0/s1. The maximum absolute atomic E-state index is 14.1. The summed E-state index contributed by atoms with van der Waals surface area (Å²) in [6.07, 6.45) is -3.14. The van der Waals surface area contributed by atoms with Gasteiger partial charge in [-0.3, -0.25) is 9.88 Å². The number of nitrogens with one attached hydrogen (secondary N) is 2. The summed E-state index contributed by atoms with van der Waals surface area (Å²) in [5.74, 6) is 0.130. The van der Waals surface area contributed by atoms with Crippen LogP contribution in [0.25, 0.3) is 22.3 Å². The van der Waals surface area contributed by atoms with Crippen molar-refractivity contribution in [1.82, 2.24) is 14.9 Å². The van der Waals surface area contributed by atoms with E-state index in [1.807, 2.05) is 152 Å². The Bertz CT molecular complexity index is 3390. The Kier molecular flexibility index (Phi) is 14.6. The number of hydrogen-bond donors (Lipinski definition) is 2. The molecule has 1 fully saturated rings. The minimum absolute atomic E-state index is 0.0123. The topological polar surface area (TPSA) is 175 Å². The maximum Gasteiger partial charge on any atom is 0.412 e. The first-order valence-electron chi connectivity index (χ1n) is 25.8. The summed E-state index contributed by atoms with van der Waals surface area (Å²) in [4.78, 5) is 58.9. The van der Waals surface area contributed by atoms with Gasteiger partial charge in [0.2, 0.25) is 0 Å². The van der Waals surface area contributed by atoms with E-state index in [0.717, 1.165) is 61.2 Å².